The minimum absolute atomic E-state index is 0.162. The van der Waals surface area contributed by atoms with E-state index in [0.717, 1.165) is 12.1 Å². The third kappa shape index (κ3) is 2.97. The number of aliphatic hydroxyl groups is 1. The van der Waals surface area contributed by atoms with Crippen LogP contribution >= 0.6 is 0 Å². The molecule has 1 saturated heterocycles. The van der Waals surface area contributed by atoms with E-state index in [9.17, 15) is 26.7 Å². The monoisotopic (exact) mass is 310 g/mol. The van der Waals surface area contributed by atoms with E-state index >= 15 is 0 Å². The molecule has 1 aliphatic rings. The number of rotatable bonds is 2. The summed E-state index contributed by atoms with van der Waals surface area (Å²) in [6, 6.07) is 3.23. The average Bonchev–Trinajstić information content (AvgIpc) is 2.38. The summed E-state index contributed by atoms with van der Waals surface area (Å²) in [5.41, 5.74) is -0.920. The number of ether oxygens (including phenoxy) is 1. The van der Waals surface area contributed by atoms with Gasteiger partial charge in [-0.2, -0.15) is 13.2 Å². The lowest BCUT2D eigenvalue weighted by Crippen LogP contribution is -2.42. The second kappa shape index (κ2) is 5.34. The molecule has 0 aromatic heterocycles. The summed E-state index contributed by atoms with van der Waals surface area (Å²) in [4.78, 5) is -0.250. The second-order valence-electron chi connectivity index (χ2n) is 4.54. The van der Waals surface area contributed by atoms with Gasteiger partial charge >= 0.3 is 6.18 Å². The summed E-state index contributed by atoms with van der Waals surface area (Å²) < 4.78 is 66.8. The van der Waals surface area contributed by atoms with E-state index in [1.165, 1.54) is 0 Å². The number of aliphatic hydroxyl groups excluding tert-OH is 1. The number of hydrogen-bond donors (Lipinski definition) is 1. The van der Waals surface area contributed by atoms with Crippen LogP contribution in [-0.2, 0) is 20.8 Å². The molecule has 0 bridgehead atoms. The van der Waals surface area contributed by atoms with Gasteiger partial charge in [0.1, 0.15) is 5.25 Å². The van der Waals surface area contributed by atoms with Crippen molar-refractivity contribution in [3.63, 3.8) is 0 Å². The molecule has 8 heteroatoms. The van der Waals surface area contributed by atoms with Gasteiger partial charge in [-0.05, 0) is 30.7 Å². The molecule has 1 fully saturated rings. The summed E-state index contributed by atoms with van der Waals surface area (Å²) in [5.74, 6) is 0. The fourth-order valence-electron chi connectivity index (χ4n) is 2.01. The molecular formula is C12H13F3O4S. The topological polar surface area (TPSA) is 63.6 Å². The molecule has 0 spiro atoms. The first-order chi connectivity index (χ1) is 9.23. The van der Waals surface area contributed by atoms with Crippen LogP contribution in [0.5, 0.6) is 0 Å². The molecule has 1 aromatic rings. The maximum absolute atomic E-state index is 12.4. The Morgan fingerprint density at radius 2 is 1.80 bits per heavy atom. The van der Waals surface area contributed by atoms with E-state index in [1.807, 2.05) is 0 Å². The summed E-state index contributed by atoms with van der Waals surface area (Å²) in [6.45, 7) is 0.102. The first kappa shape index (κ1) is 15.3. The van der Waals surface area contributed by atoms with Crippen LogP contribution in [0.3, 0.4) is 0 Å². The SMILES string of the molecule is O=S(=O)(c1ccc(C(F)(F)F)cc1)C1COCCC1O. The number of hydrogen-bond acceptors (Lipinski definition) is 4. The molecule has 0 amide bonds. The molecule has 2 unspecified atom stereocenters. The fraction of sp³-hybridized carbons (Fsp3) is 0.500. The van der Waals surface area contributed by atoms with Gasteiger partial charge in [-0.1, -0.05) is 0 Å². The maximum atomic E-state index is 12.4. The fourth-order valence-corrected chi connectivity index (χ4v) is 3.70. The largest absolute Gasteiger partial charge is 0.416 e. The first-order valence-electron chi connectivity index (χ1n) is 5.90. The Balaban J connectivity index is 2.30. The van der Waals surface area contributed by atoms with Crippen LogP contribution in [0.2, 0.25) is 0 Å². The second-order valence-corrected chi connectivity index (χ2v) is 6.70. The standard InChI is InChI=1S/C12H13F3O4S/c13-12(14,15)8-1-3-9(4-2-8)20(17,18)11-7-19-6-5-10(11)16/h1-4,10-11,16H,5-7H2. The van der Waals surface area contributed by atoms with Crippen LogP contribution in [0.25, 0.3) is 0 Å². The van der Waals surface area contributed by atoms with Crippen LogP contribution in [0.1, 0.15) is 12.0 Å². The molecule has 0 saturated carbocycles. The molecule has 1 N–H and O–H groups in total. The summed E-state index contributed by atoms with van der Waals surface area (Å²) in [5, 5.41) is 8.57. The van der Waals surface area contributed by atoms with Gasteiger partial charge in [0.15, 0.2) is 9.84 Å². The first-order valence-corrected chi connectivity index (χ1v) is 7.44. The van der Waals surface area contributed by atoms with Gasteiger partial charge in [-0.3, -0.25) is 0 Å². The highest BCUT2D eigenvalue weighted by atomic mass is 32.2. The smallest absolute Gasteiger partial charge is 0.392 e. The lowest BCUT2D eigenvalue weighted by molar-refractivity contribution is -0.137. The van der Waals surface area contributed by atoms with Crippen molar-refractivity contribution in [3.05, 3.63) is 29.8 Å². The van der Waals surface area contributed by atoms with Crippen molar-refractivity contribution in [2.24, 2.45) is 0 Å². The molecule has 2 atom stereocenters. The predicted molar refractivity (Wildman–Crippen MR) is 63.9 cm³/mol. The molecule has 2 rings (SSSR count). The molecule has 4 nitrogen and oxygen atoms in total. The van der Waals surface area contributed by atoms with E-state index in [0.29, 0.717) is 12.1 Å². The van der Waals surface area contributed by atoms with Crippen molar-refractivity contribution >= 4 is 9.84 Å². The molecule has 1 aromatic carbocycles. The Morgan fingerprint density at radius 1 is 1.20 bits per heavy atom. The Labute approximate surface area is 114 Å². The minimum Gasteiger partial charge on any atom is -0.392 e. The molecule has 20 heavy (non-hydrogen) atoms. The Bertz CT molecular complexity index is 565. The van der Waals surface area contributed by atoms with E-state index in [-0.39, 0.29) is 24.5 Å². The maximum Gasteiger partial charge on any atom is 0.416 e. The van der Waals surface area contributed by atoms with Gasteiger partial charge in [0.2, 0.25) is 0 Å². The third-order valence-electron chi connectivity index (χ3n) is 3.18. The lowest BCUT2D eigenvalue weighted by Gasteiger charge is -2.27. The van der Waals surface area contributed by atoms with Crippen molar-refractivity contribution < 1.29 is 31.4 Å². The highest BCUT2D eigenvalue weighted by Gasteiger charge is 2.37. The zero-order valence-electron chi connectivity index (χ0n) is 10.3. The third-order valence-corrected chi connectivity index (χ3v) is 5.35. The van der Waals surface area contributed by atoms with E-state index in [4.69, 9.17) is 4.74 Å². The number of halogens is 3. The predicted octanol–water partition coefficient (Wildman–Crippen LogP) is 1.63. The van der Waals surface area contributed by atoms with Gasteiger partial charge < -0.3 is 9.84 Å². The van der Waals surface area contributed by atoms with E-state index < -0.39 is 32.9 Å². The van der Waals surface area contributed by atoms with Gasteiger partial charge in [-0.25, -0.2) is 8.42 Å². The molecule has 112 valence electrons. The van der Waals surface area contributed by atoms with E-state index in [2.05, 4.69) is 0 Å². The summed E-state index contributed by atoms with van der Waals surface area (Å²) >= 11 is 0. The minimum atomic E-state index is -4.52. The van der Waals surface area contributed by atoms with Gasteiger partial charge in [0.05, 0.1) is 23.2 Å². The Hall–Kier alpha value is -1.12. The number of sulfone groups is 1. The molecule has 0 aliphatic carbocycles. The van der Waals surface area contributed by atoms with Crippen molar-refractivity contribution in [1.29, 1.82) is 0 Å². The normalized spacial score (nSPS) is 24.6. The number of benzene rings is 1. The highest BCUT2D eigenvalue weighted by Crippen LogP contribution is 2.31. The average molecular weight is 310 g/mol. The molecule has 1 heterocycles. The van der Waals surface area contributed by atoms with Gasteiger partial charge in [0.25, 0.3) is 0 Å². The van der Waals surface area contributed by atoms with Gasteiger partial charge in [-0.15, -0.1) is 0 Å². The van der Waals surface area contributed by atoms with Crippen molar-refractivity contribution in [1.82, 2.24) is 0 Å². The Kier molecular flexibility index (Phi) is 4.08. The van der Waals surface area contributed by atoms with Crippen molar-refractivity contribution in [3.8, 4) is 0 Å². The van der Waals surface area contributed by atoms with Crippen LogP contribution in [-0.4, -0.2) is 38.1 Å². The highest BCUT2D eigenvalue weighted by molar-refractivity contribution is 7.92. The van der Waals surface area contributed by atoms with Crippen LogP contribution in [0.4, 0.5) is 13.2 Å². The van der Waals surface area contributed by atoms with Crippen molar-refractivity contribution in [2.45, 2.75) is 28.8 Å². The molecule has 0 radical (unpaired) electrons. The molecular weight excluding hydrogens is 297 g/mol. The Morgan fingerprint density at radius 3 is 2.30 bits per heavy atom. The zero-order valence-corrected chi connectivity index (χ0v) is 11.1. The summed E-state index contributed by atoms with van der Waals surface area (Å²) in [6.07, 6.45) is -5.41. The van der Waals surface area contributed by atoms with Crippen LogP contribution in [0, 0.1) is 0 Å². The summed E-state index contributed by atoms with van der Waals surface area (Å²) in [7, 11) is -3.92. The van der Waals surface area contributed by atoms with E-state index in [1.54, 1.807) is 0 Å². The van der Waals surface area contributed by atoms with Crippen LogP contribution < -0.4 is 0 Å². The lowest BCUT2D eigenvalue weighted by atomic mass is 10.1. The zero-order chi connectivity index (χ0) is 15.0. The molecule has 1 aliphatic heterocycles. The quantitative estimate of drug-likeness (QED) is 0.902. The number of alkyl halides is 3. The van der Waals surface area contributed by atoms with Crippen molar-refractivity contribution in [2.75, 3.05) is 13.2 Å². The van der Waals surface area contributed by atoms with Gasteiger partial charge in [0, 0.05) is 6.61 Å². The van der Waals surface area contributed by atoms with Crippen LogP contribution in [0.15, 0.2) is 29.2 Å².